The molecule has 1 atom stereocenters. The first-order valence-corrected chi connectivity index (χ1v) is 8.15. The van der Waals surface area contributed by atoms with Crippen LogP contribution in [0.1, 0.15) is 6.92 Å². The molecule has 2 rings (SSSR count). The van der Waals surface area contributed by atoms with Crippen LogP contribution in [0.3, 0.4) is 0 Å². The third kappa shape index (κ3) is 4.23. The first kappa shape index (κ1) is 15.9. The number of aryl methyl sites for hydroxylation is 1. The summed E-state index contributed by atoms with van der Waals surface area (Å²) in [6.07, 6.45) is 0. The second kappa shape index (κ2) is 6.97. The lowest BCUT2D eigenvalue weighted by Crippen LogP contribution is -2.30. The van der Waals surface area contributed by atoms with Crippen LogP contribution in [0.4, 0.5) is 5.69 Å². The van der Waals surface area contributed by atoms with Crippen molar-refractivity contribution in [3.05, 3.63) is 34.3 Å². The lowest BCUT2D eigenvalue weighted by atomic mass is 10.2. The van der Waals surface area contributed by atoms with Crippen LogP contribution in [0.25, 0.3) is 0 Å². The Bertz CT molecular complexity index is 709. The number of aromatic nitrogens is 2. The molecule has 0 unspecified atom stereocenters. The van der Waals surface area contributed by atoms with Gasteiger partial charge >= 0.3 is 0 Å². The number of ketones is 1. The average Bonchev–Trinajstić information content (AvgIpc) is 2.75. The van der Waals surface area contributed by atoms with E-state index in [1.165, 1.54) is 18.3 Å². The zero-order valence-electron chi connectivity index (χ0n) is 11.4. The summed E-state index contributed by atoms with van der Waals surface area (Å²) in [5.41, 5.74) is 0.656. The molecule has 0 aliphatic heterocycles. The molecule has 0 aliphatic carbocycles. The highest BCUT2D eigenvalue weighted by Gasteiger charge is 2.26. The van der Waals surface area contributed by atoms with Gasteiger partial charge in [-0.2, -0.15) is 5.10 Å². The number of nitrogens with one attached hydrogen (secondary N) is 1. The predicted octanol–water partition coefficient (Wildman–Crippen LogP) is 2.90. The number of Topliss-reactive ketones (excluding diaryl/α,β-unsaturated/α-hetero) is 1. The van der Waals surface area contributed by atoms with Crippen LogP contribution in [0.5, 0.6) is 0 Å². The minimum absolute atomic E-state index is 0.225. The number of thioether (sulfide) groups is 1. The molecule has 0 spiro atoms. The Labute approximate surface area is 135 Å². The highest BCUT2D eigenvalue weighted by atomic mass is 32.2. The summed E-state index contributed by atoms with van der Waals surface area (Å²) in [4.78, 5) is 24.0. The van der Waals surface area contributed by atoms with Gasteiger partial charge in [0.2, 0.25) is 5.91 Å². The van der Waals surface area contributed by atoms with Crippen molar-refractivity contribution in [1.29, 1.82) is 0 Å². The van der Waals surface area contributed by atoms with Gasteiger partial charge in [-0.3, -0.25) is 9.59 Å². The van der Waals surface area contributed by atoms with E-state index < -0.39 is 5.25 Å². The molecule has 0 bridgehead atoms. The second-order valence-electron chi connectivity index (χ2n) is 4.22. The van der Waals surface area contributed by atoms with Crippen molar-refractivity contribution in [1.82, 2.24) is 9.78 Å². The Kier molecular flexibility index (Phi) is 5.27. The zero-order valence-corrected chi connectivity index (χ0v) is 13.8. The molecule has 5 nitrogen and oxygen atoms in total. The fraction of sp³-hybridized carbons (Fsp3) is 0.231. The molecule has 21 heavy (non-hydrogen) atoms. The van der Waals surface area contributed by atoms with Crippen LogP contribution in [0.2, 0.25) is 0 Å². The van der Waals surface area contributed by atoms with Crippen LogP contribution in [-0.4, -0.2) is 26.7 Å². The fourth-order valence-corrected chi connectivity index (χ4v) is 3.87. The number of para-hydroxylation sites is 1. The van der Waals surface area contributed by atoms with Crippen LogP contribution in [0.15, 0.2) is 34.7 Å². The minimum atomic E-state index is -0.842. The number of anilines is 1. The van der Waals surface area contributed by atoms with Gasteiger partial charge in [0.25, 0.3) is 0 Å². The molecule has 0 fully saturated rings. The molecule has 0 radical (unpaired) electrons. The molecule has 1 aromatic carbocycles. The first-order chi connectivity index (χ1) is 9.97. The summed E-state index contributed by atoms with van der Waals surface area (Å²) in [6, 6.07) is 9.02. The standard InChI is InChI=1S/C13H13N3O2S3/c1-8(17)10(20-12-15-16(2)13(19)21-12)11(18)14-9-6-4-3-5-7-9/h3-7,10H,1-2H3,(H,14,18)/t10-/m1/s1. The van der Waals surface area contributed by atoms with Crippen molar-refractivity contribution >= 4 is 52.7 Å². The van der Waals surface area contributed by atoms with E-state index in [1.807, 2.05) is 18.2 Å². The van der Waals surface area contributed by atoms with Crippen molar-refractivity contribution in [2.24, 2.45) is 7.05 Å². The molecular weight excluding hydrogens is 326 g/mol. The van der Waals surface area contributed by atoms with E-state index in [9.17, 15) is 9.59 Å². The maximum atomic E-state index is 12.2. The van der Waals surface area contributed by atoms with Gasteiger partial charge < -0.3 is 5.32 Å². The summed E-state index contributed by atoms with van der Waals surface area (Å²) < 4.78 is 2.75. The molecule has 1 aromatic heterocycles. The van der Waals surface area contributed by atoms with Crippen molar-refractivity contribution in [3.8, 4) is 0 Å². The highest BCUT2D eigenvalue weighted by molar-refractivity contribution is 8.03. The topological polar surface area (TPSA) is 64.0 Å². The number of benzene rings is 1. The Morgan fingerprint density at radius 2 is 2.05 bits per heavy atom. The van der Waals surface area contributed by atoms with Crippen LogP contribution in [0, 0.1) is 3.95 Å². The van der Waals surface area contributed by atoms with Gasteiger partial charge in [-0.25, -0.2) is 4.68 Å². The van der Waals surface area contributed by atoms with Gasteiger partial charge in [-0.15, -0.1) is 0 Å². The van der Waals surface area contributed by atoms with Crippen LogP contribution < -0.4 is 5.32 Å². The molecule has 0 saturated carbocycles. The second-order valence-corrected chi connectivity index (χ2v) is 7.20. The number of carbonyl (C=O) groups excluding carboxylic acids is 2. The lowest BCUT2D eigenvalue weighted by Gasteiger charge is -2.12. The fourth-order valence-electron chi connectivity index (χ4n) is 1.52. The van der Waals surface area contributed by atoms with Gasteiger partial charge in [0, 0.05) is 12.7 Å². The summed E-state index contributed by atoms with van der Waals surface area (Å²) in [5, 5.41) is 6.07. The Morgan fingerprint density at radius 1 is 1.38 bits per heavy atom. The van der Waals surface area contributed by atoms with E-state index in [2.05, 4.69) is 10.4 Å². The van der Waals surface area contributed by atoms with E-state index in [0.29, 0.717) is 14.0 Å². The molecule has 0 aliphatic rings. The smallest absolute Gasteiger partial charge is 0.245 e. The summed E-state index contributed by atoms with van der Waals surface area (Å²) in [7, 11) is 1.73. The summed E-state index contributed by atoms with van der Waals surface area (Å²) >= 11 is 7.48. The first-order valence-electron chi connectivity index (χ1n) is 6.04. The molecule has 1 amide bonds. The number of rotatable bonds is 5. The van der Waals surface area contributed by atoms with Gasteiger partial charge in [0.05, 0.1) is 0 Å². The largest absolute Gasteiger partial charge is 0.325 e. The normalized spacial score (nSPS) is 11.9. The highest BCUT2D eigenvalue weighted by Crippen LogP contribution is 2.27. The molecular formula is C13H13N3O2S3. The Hall–Kier alpha value is -1.51. The Balaban J connectivity index is 2.13. The molecule has 1 heterocycles. The van der Waals surface area contributed by atoms with Crippen molar-refractivity contribution in [2.75, 3.05) is 5.32 Å². The van der Waals surface area contributed by atoms with Crippen LogP contribution >= 0.6 is 35.3 Å². The SMILES string of the molecule is CC(=O)[C@@H](Sc1nn(C)c(=S)s1)C(=O)Nc1ccccc1. The van der Waals surface area contributed by atoms with Crippen molar-refractivity contribution in [3.63, 3.8) is 0 Å². The zero-order chi connectivity index (χ0) is 15.4. The molecule has 8 heteroatoms. The maximum absolute atomic E-state index is 12.2. The quantitative estimate of drug-likeness (QED) is 0.515. The lowest BCUT2D eigenvalue weighted by molar-refractivity contribution is -0.123. The van der Waals surface area contributed by atoms with E-state index in [4.69, 9.17) is 12.2 Å². The number of hydrogen-bond acceptors (Lipinski definition) is 6. The number of hydrogen-bond donors (Lipinski definition) is 1. The van der Waals surface area contributed by atoms with Crippen molar-refractivity contribution < 1.29 is 9.59 Å². The van der Waals surface area contributed by atoms with E-state index in [0.717, 1.165) is 11.8 Å². The molecule has 2 aromatic rings. The molecule has 110 valence electrons. The van der Waals surface area contributed by atoms with Crippen molar-refractivity contribution in [2.45, 2.75) is 16.5 Å². The van der Waals surface area contributed by atoms with Gasteiger partial charge in [0.15, 0.2) is 14.1 Å². The third-order valence-electron chi connectivity index (χ3n) is 2.54. The maximum Gasteiger partial charge on any atom is 0.245 e. The van der Waals surface area contributed by atoms with Gasteiger partial charge in [-0.1, -0.05) is 41.3 Å². The Morgan fingerprint density at radius 3 is 2.57 bits per heavy atom. The summed E-state index contributed by atoms with van der Waals surface area (Å²) in [5.74, 6) is -0.584. The van der Waals surface area contributed by atoms with Crippen LogP contribution in [-0.2, 0) is 16.6 Å². The number of nitrogens with zero attached hydrogens (tertiary/aromatic N) is 2. The predicted molar refractivity (Wildman–Crippen MR) is 87.3 cm³/mol. The number of amides is 1. The van der Waals surface area contributed by atoms with Gasteiger partial charge in [0.1, 0.15) is 5.25 Å². The van der Waals surface area contributed by atoms with E-state index in [1.54, 1.807) is 23.9 Å². The van der Waals surface area contributed by atoms with Gasteiger partial charge in [-0.05, 0) is 31.3 Å². The third-order valence-corrected chi connectivity index (χ3v) is 5.35. The molecule has 1 N–H and O–H groups in total. The van der Waals surface area contributed by atoms with E-state index in [-0.39, 0.29) is 11.7 Å². The average molecular weight is 339 g/mol. The summed E-state index contributed by atoms with van der Waals surface area (Å²) in [6.45, 7) is 1.39. The van der Waals surface area contributed by atoms with E-state index >= 15 is 0 Å². The number of carbonyl (C=O) groups is 2. The monoisotopic (exact) mass is 339 g/mol. The minimum Gasteiger partial charge on any atom is -0.325 e. The molecule has 0 saturated heterocycles.